The molecule has 0 fully saturated rings. The molecule has 0 aromatic heterocycles. The zero-order valence-electron chi connectivity index (χ0n) is 9.48. The van der Waals surface area contributed by atoms with E-state index in [1.54, 1.807) is 18.2 Å². The van der Waals surface area contributed by atoms with Crippen molar-refractivity contribution in [2.45, 2.75) is 6.54 Å². The minimum Gasteiger partial charge on any atom is -0.376 e. The molecule has 0 heterocycles. The molecule has 2 aromatic carbocycles. The summed E-state index contributed by atoms with van der Waals surface area (Å²) in [5.74, 6) is -1.34. The Balaban J connectivity index is 2.19. The molecule has 0 atom stereocenters. The van der Waals surface area contributed by atoms with Crippen molar-refractivity contribution < 1.29 is 8.78 Å². The van der Waals surface area contributed by atoms with E-state index in [2.05, 4.69) is 21.2 Å². The smallest absolute Gasteiger partial charge is 0.150 e. The van der Waals surface area contributed by atoms with Crippen molar-refractivity contribution in [3.63, 3.8) is 0 Å². The summed E-state index contributed by atoms with van der Waals surface area (Å²) in [5, 5.41) is 3.64. The lowest BCUT2D eigenvalue weighted by Gasteiger charge is -2.10. The summed E-state index contributed by atoms with van der Waals surface area (Å²) in [6.07, 6.45) is 0. The highest BCUT2D eigenvalue weighted by atomic mass is 79.9. The largest absolute Gasteiger partial charge is 0.376 e. The Morgan fingerprint density at radius 2 is 1.68 bits per heavy atom. The fourth-order valence-corrected chi connectivity index (χ4v) is 2.44. The van der Waals surface area contributed by atoms with E-state index >= 15 is 0 Å². The summed E-state index contributed by atoms with van der Waals surface area (Å²) in [4.78, 5) is 0. The van der Waals surface area contributed by atoms with Gasteiger partial charge in [0.15, 0.2) is 0 Å². The molecule has 0 saturated heterocycles. The van der Waals surface area contributed by atoms with Crippen LogP contribution in [0.3, 0.4) is 0 Å². The van der Waals surface area contributed by atoms with Gasteiger partial charge in [0, 0.05) is 21.1 Å². The van der Waals surface area contributed by atoms with Crippen LogP contribution in [0.15, 0.2) is 34.8 Å². The van der Waals surface area contributed by atoms with Crippen molar-refractivity contribution in [3.05, 3.63) is 62.0 Å². The van der Waals surface area contributed by atoms with Gasteiger partial charge in [-0.3, -0.25) is 0 Å². The van der Waals surface area contributed by atoms with Gasteiger partial charge >= 0.3 is 0 Å². The predicted octanol–water partition coefficient (Wildman–Crippen LogP) is 5.65. The second-order valence-electron chi connectivity index (χ2n) is 3.83. The number of halogens is 5. The van der Waals surface area contributed by atoms with E-state index in [0.717, 1.165) is 0 Å². The van der Waals surface area contributed by atoms with Crippen molar-refractivity contribution in [1.29, 1.82) is 0 Å². The molecule has 1 nitrogen and oxygen atoms in total. The average Bonchev–Trinajstić information content (AvgIpc) is 2.30. The van der Waals surface area contributed by atoms with Crippen molar-refractivity contribution >= 4 is 44.8 Å². The molecule has 0 radical (unpaired) electrons. The maximum atomic E-state index is 13.6. The standard InChI is InChI=1S/C13H8BrCl2F2N/c14-8-3-11(17)13(12(18)4-8)19-6-7-1-2-9(15)5-10(7)16/h1-5,19H,6H2. The third-order valence-electron chi connectivity index (χ3n) is 2.48. The number of hydrogen-bond acceptors (Lipinski definition) is 1. The minimum atomic E-state index is -0.669. The van der Waals surface area contributed by atoms with Gasteiger partial charge in [-0.2, -0.15) is 0 Å². The SMILES string of the molecule is Fc1cc(Br)cc(F)c1NCc1ccc(Cl)cc1Cl. The van der Waals surface area contributed by atoms with E-state index in [-0.39, 0.29) is 12.2 Å². The number of benzene rings is 2. The van der Waals surface area contributed by atoms with Crippen LogP contribution in [0.1, 0.15) is 5.56 Å². The van der Waals surface area contributed by atoms with Crippen LogP contribution in [0.25, 0.3) is 0 Å². The number of hydrogen-bond donors (Lipinski definition) is 1. The molecule has 2 rings (SSSR count). The molecule has 0 aliphatic rings. The highest BCUT2D eigenvalue weighted by Crippen LogP contribution is 2.26. The van der Waals surface area contributed by atoms with Gasteiger partial charge < -0.3 is 5.32 Å². The molecule has 0 saturated carbocycles. The number of nitrogens with one attached hydrogen (secondary N) is 1. The van der Waals surface area contributed by atoms with Gasteiger partial charge in [0.05, 0.1) is 0 Å². The molecule has 0 amide bonds. The monoisotopic (exact) mass is 365 g/mol. The Morgan fingerprint density at radius 1 is 1.05 bits per heavy atom. The zero-order valence-corrected chi connectivity index (χ0v) is 12.6. The van der Waals surface area contributed by atoms with Crippen LogP contribution in [-0.4, -0.2) is 0 Å². The average molecular weight is 367 g/mol. The van der Waals surface area contributed by atoms with Gasteiger partial charge in [-0.05, 0) is 29.8 Å². The van der Waals surface area contributed by atoms with Gasteiger partial charge in [-0.15, -0.1) is 0 Å². The van der Waals surface area contributed by atoms with Crippen LogP contribution in [0.2, 0.25) is 10.0 Å². The number of anilines is 1. The minimum absolute atomic E-state index is 0.186. The van der Waals surface area contributed by atoms with Gasteiger partial charge in [0.2, 0.25) is 0 Å². The summed E-state index contributed by atoms with van der Waals surface area (Å²) >= 11 is 14.8. The summed E-state index contributed by atoms with van der Waals surface area (Å²) in [6, 6.07) is 7.32. The van der Waals surface area contributed by atoms with E-state index in [4.69, 9.17) is 23.2 Å². The Morgan fingerprint density at radius 3 is 2.26 bits per heavy atom. The third-order valence-corrected chi connectivity index (χ3v) is 3.52. The first-order valence-electron chi connectivity index (χ1n) is 5.29. The predicted molar refractivity (Wildman–Crippen MR) is 77.8 cm³/mol. The van der Waals surface area contributed by atoms with Crippen LogP contribution < -0.4 is 5.32 Å². The highest BCUT2D eigenvalue weighted by Gasteiger charge is 2.11. The lowest BCUT2D eigenvalue weighted by Crippen LogP contribution is -2.04. The Bertz CT molecular complexity index is 597. The van der Waals surface area contributed by atoms with Crippen LogP contribution >= 0.6 is 39.1 Å². The summed E-state index contributed by atoms with van der Waals surface area (Å²) in [7, 11) is 0. The van der Waals surface area contributed by atoms with Crippen molar-refractivity contribution in [3.8, 4) is 0 Å². The molecule has 0 aliphatic heterocycles. The number of rotatable bonds is 3. The summed E-state index contributed by atoms with van der Waals surface area (Å²) in [5.41, 5.74) is 0.516. The summed E-state index contributed by atoms with van der Waals surface area (Å²) < 4.78 is 27.5. The van der Waals surface area contributed by atoms with Crippen LogP contribution in [0.4, 0.5) is 14.5 Å². The van der Waals surface area contributed by atoms with Crippen molar-refractivity contribution in [2.24, 2.45) is 0 Å². The van der Waals surface area contributed by atoms with Gasteiger partial charge in [-0.25, -0.2) is 8.78 Å². The molecule has 1 N–H and O–H groups in total. The van der Waals surface area contributed by atoms with Gasteiger partial charge in [0.1, 0.15) is 17.3 Å². The van der Waals surface area contributed by atoms with E-state index in [0.29, 0.717) is 20.1 Å². The van der Waals surface area contributed by atoms with Crippen LogP contribution in [0, 0.1) is 11.6 Å². The van der Waals surface area contributed by atoms with Gasteiger partial charge in [0.25, 0.3) is 0 Å². The molecule has 0 unspecified atom stereocenters. The fourth-order valence-electron chi connectivity index (χ4n) is 1.56. The lowest BCUT2D eigenvalue weighted by atomic mass is 10.2. The topological polar surface area (TPSA) is 12.0 Å². The molecule has 0 spiro atoms. The first-order valence-corrected chi connectivity index (χ1v) is 6.84. The van der Waals surface area contributed by atoms with Gasteiger partial charge in [-0.1, -0.05) is 45.2 Å². The van der Waals surface area contributed by atoms with E-state index < -0.39 is 11.6 Å². The second-order valence-corrected chi connectivity index (χ2v) is 5.59. The third kappa shape index (κ3) is 3.59. The molecule has 19 heavy (non-hydrogen) atoms. The molecular formula is C13H8BrCl2F2N. The molecular weight excluding hydrogens is 359 g/mol. The van der Waals surface area contributed by atoms with Crippen LogP contribution in [0.5, 0.6) is 0 Å². The quantitative estimate of drug-likeness (QED) is 0.740. The fraction of sp³-hybridized carbons (Fsp3) is 0.0769. The normalized spacial score (nSPS) is 10.6. The maximum absolute atomic E-state index is 13.6. The van der Waals surface area contributed by atoms with E-state index in [9.17, 15) is 8.78 Å². The first kappa shape index (κ1) is 14.6. The Hall–Kier alpha value is -0.840. The summed E-state index contributed by atoms with van der Waals surface area (Å²) in [6.45, 7) is 0.200. The van der Waals surface area contributed by atoms with E-state index in [1.807, 2.05) is 0 Å². The van der Waals surface area contributed by atoms with Crippen LogP contribution in [-0.2, 0) is 6.54 Å². The highest BCUT2D eigenvalue weighted by molar-refractivity contribution is 9.10. The van der Waals surface area contributed by atoms with Crippen molar-refractivity contribution in [1.82, 2.24) is 0 Å². The zero-order chi connectivity index (χ0) is 14.0. The maximum Gasteiger partial charge on any atom is 0.150 e. The Kier molecular flexibility index (Phi) is 4.66. The molecule has 0 aliphatic carbocycles. The second kappa shape index (κ2) is 6.07. The first-order chi connectivity index (χ1) is 8.97. The molecule has 6 heteroatoms. The van der Waals surface area contributed by atoms with E-state index in [1.165, 1.54) is 12.1 Å². The molecule has 2 aromatic rings. The molecule has 0 bridgehead atoms. The lowest BCUT2D eigenvalue weighted by molar-refractivity contribution is 0.586. The molecule has 100 valence electrons. The Labute approximate surface area is 127 Å². The van der Waals surface area contributed by atoms with Crippen molar-refractivity contribution in [2.75, 3.05) is 5.32 Å².